The lowest BCUT2D eigenvalue weighted by molar-refractivity contribution is 0.896. The van der Waals surface area contributed by atoms with Crippen molar-refractivity contribution in [1.29, 1.82) is 0 Å². The van der Waals surface area contributed by atoms with Crippen molar-refractivity contribution in [3.05, 3.63) is 28.2 Å². The Morgan fingerprint density at radius 2 is 2.21 bits per heavy atom. The lowest BCUT2D eigenvalue weighted by Crippen LogP contribution is -1.96. The van der Waals surface area contributed by atoms with Crippen LogP contribution in [0, 0.1) is 0 Å². The second kappa shape index (κ2) is 6.49. The first-order chi connectivity index (χ1) is 6.77. The maximum absolute atomic E-state index is 5.59. The molecule has 0 amide bonds. The summed E-state index contributed by atoms with van der Waals surface area (Å²) in [7, 11) is 0. The number of benzene rings is 1. The fraction of sp³-hybridized carbons (Fsp3) is 0.455. The van der Waals surface area contributed by atoms with Crippen LogP contribution in [0.4, 0.5) is 0 Å². The SMILES string of the molecule is CCCCSc1ccc(CN)c(Br)c1. The zero-order chi connectivity index (χ0) is 10.4. The van der Waals surface area contributed by atoms with Crippen molar-refractivity contribution in [1.82, 2.24) is 0 Å². The maximum atomic E-state index is 5.59. The Morgan fingerprint density at radius 3 is 2.79 bits per heavy atom. The van der Waals surface area contributed by atoms with E-state index in [1.54, 1.807) is 0 Å². The van der Waals surface area contributed by atoms with Crippen LogP contribution >= 0.6 is 27.7 Å². The molecule has 0 saturated heterocycles. The molecular formula is C11H16BrNS. The number of halogens is 1. The minimum atomic E-state index is 0.598. The first-order valence-electron chi connectivity index (χ1n) is 4.89. The topological polar surface area (TPSA) is 26.0 Å². The Labute approximate surface area is 98.6 Å². The highest BCUT2D eigenvalue weighted by Gasteiger charge is 1.99. The largest absolute Gasteiger partial charge is 0.326 e. The monoisotopic (exact) mass is 273 g/mol. The van der Waals surface area contributed by atoms with Crippen molar-refractivity contribution < 1.29 is 0 Å². The summed E-state index contributed by atoms with van der Waals surface area (Å²) in [6.45, 7) is 2.81. The molecule has 0 radical (unpaired) electrons. The number of nitrogens with two attached hydrogens (primary N) is 1. The minimum absolute atomic E-state index is 0.598. The van der Waals surface area contributed by atoms with E-state index in [0.717, 1.165) is 4.47 Å². The molecule has 0 spiro atoms. The van der Waals surface area contributed by atoms with Gasteiger partial charge in [0, 0.05) is 15.9 Å². The van der Waals surface area contributed by atoms with Crippen LogP contribution in [0.25, 0.3) is 0 Å². The molecular weight excluding hydrogens is 258 g/mol. The summed E-state index contributed by atoms with van der Waals surface area (Å²) in [6.07, 6.45) is 2.54. The maximum Gasteiger partial charge on any atom is 0.0231 e. The zero-order valence-corrected chi connectivity index (χ0v) is 10.8. The van der Waals surface area contributed by atoms with Crippen molar-refractivity contribution in [3.63, 3.8) is 0 Å². The van der Waals surface area contributed by atoms with Gasteiger partial charge in [0.15, 0.2) is 0 Å². The Kier molecular flexibility index (Phi) is 5.60. The van der Waals surface area contributed by atoms with Crippen LogP contribution in [-0.2, 0) is 6.54 Å². The molecule has 0 aliphatic carbocycles. The van der Waals surface area contributed by atoms with Crippen LogP contribution in [0.1, 0.15) is 25.3 Å². The van der Waals surface area contributed by atoms with Crippen LogP contribution in [-0.4, -0.2) is 5.75 Å². The van der Waals surface area contributed by atoms with Crippen LogP contribution in [0.15, 0.2) is 27.6 Å². The molecule has 78 valence electrons. The molecule has 0 fully saturated rings. The van der Waals surface area contributed by atoms with Gasteiger partial charge >= 0.3 is 0 Å². The Bertz CT molecular complexity index is 289. The smallest absolute Gasteiger partial charge is 0.0231 e. The van der Waals surface area contributed by atoms with Gasteiger partial charge in [-0.3, -0.25) is 0 Å². The molecule has 3 heteroatoms. The summed E-state index contributed by atoms with van der Waals surface area (Å²) in [6, 6.07) is 6.40. The summed E-state index contributed by atoms with van der Waals surface area (Å²) in [5.41, 5.74) is 6.76. The summed E-state index contributed by atoms with van der Waals surface area (Å²) in [5.74, 6) is 1.20. The second-order valence-electron chi connectivity index (χ2n) is 3.16. The predicted octanol–water partition coefficient (Wildman–Crippen LogP) is 3.80. The third-order valence-corrected chi connectivity index (χ3v) is 3.83. The quantitative estimate of drug-likeness (QED) is 0.653. The number of thioether (sulfide) groups is 1. The highest BCUT2D eigenvalue weighted by Crippen LogP contribution is 2.25. The molecule has 14 heavy (non-hydrogen) atoms. The van der Waals surface area contributed by atoms with Gasteiger partial charge in [0.25, 0.3) is 0 Å². The standard InChI is InChI=1S/C11H16BrNS/c1-2-3-6-14-10-5-4-9(8-13)11(12)7-10/h4-5,7H,2-3,6,8,13H2,1H3. The molecule has 0 atom stereocenters. The van der Waals surface area contributed by atoms with Crippen molar-refractivity contribution in [3.8, 4) is 0 Å². The summed E-state index contributed by atoms with van der Waals surface area (Å²) < 4.78 is 1.13. The van der Waals surface area contributed by atoms with E-state index in [1.165, 1.54) is 29.1 Å². The van der Waals surface area contributed by atoms with Gasteiger partial charge in [0.1, 0.15) is 0 Å². The molecule has 0 unspecified atom stereocenters. The summed E-state index contributed by atoms with van der Waals surface area (Å²) in [4.78, 5) is 1.32. The van der Waals surface area contributed by atoms with E-state index in [-0.39, 0.29) is 0 Å². The fourth-order valence-electron chi connectivity index (χ4n) is 1.12. The highest BCUT2D eigenvalue weighted by atomic mass is 79.9. The first-order valence-corrected chi connectivity index (χ1v) is 6.67. The normalized spacial score (nSPS) is 10.5. The van der Waals surface area contributed by atoms with Crippen molar-refractivity contribution in [2.24, 2.45) is 5.73 Å². The van der Waals surface area contributed by atoms with Crippen LogP contribution in [0.2, 0.25) is 0 Å². The summed E-state index contributed by atoms with van der Waals surface area (Å²) in [5, 5.41) is 0. The van der Waals surface area contributed by atoms with E-state index in [0.29, 0.717) is 6.54 Å². The third kappa shape index (κ3) is 3.64. The molecule has 1 rings (SSSR count). The predicted molar refractivity (Wildman–Crippen MR) is 67.7 cm³/mol. The summed E-state index contributed by atoms with van der Waals surface area (Å²) >= 11 is 5.43. The minimum Gasteiger partial charge on any atom is -0.326 e. The van der Waals surface area contributed by atoms with Gasteiger partial charge in [0.2, 0.25) is 0 Å². The molecule has 0 aliphatic heterocycles. The van der Waals surface area contributed by atoms with E-state index in [4.69, 9.17) is 5.73 Å². The van der Waals surface area contributed by atoms with E-state index in [9.17, 15) is 0 Å². The Balaban J connectivity index is 2.57. The van der Waals surface area contributed by atoms with E-state index in [2.05, 4.69) is 41.1 Å². The van der Waals surface area contributed by atoms with Crippen molar-refractivity contribution in [2.75, 3.05) is 5.75 Å². The fourth-order valence-corrected chi connectivity index (χ4v) is 2.84. The van der Waals surface area contributed by atoms with Crippen molar-refractivity contribution >= 4 is 27.7 Å². The van der Waals surface area contributed by atoms with Gasteiger partial charge < -0.3 is 5.73 Å². The lowest BCUT2D eigenvalue weighted by atomic mass is 10.2. The average molecular weight is 274 g/mol. The molecule has 0 bridgehead atoms. The number of rotatable bonds is 5. The molecule has 0 saturated carbocycles. The first kappa shape index (κ1) is 12.1. The third-order valence-electron chi connectivity index (χ3n) is 2.01. The Morgan fingerprint density at radius 1 is 1.43 bits per heavy atom. The second-order valence-corrected chi connectivity index (χ2v) is 5.18. The van der Waals surface area contributed by atoms with Gasteiger partial charge in [-0.15, -0.1) is 11.8 Å². The average Bonchev–Trinajstić information content (AvgIpc) is 2.18. The molecule has 0 heterocycles. The van der Waals surface area contributed by atoms with Crippen molar-refractivity contribution in [2.45, 2.75) is 31.2 Å². The molecule has 1 aromatic carbocycles. The molecule has 1 nitrogen and oxygen atoms in total. The lowest BCUT2D eigenvalue weighted by Gasteiger charge is -2.04. The number of hydrogen-bond acceptors (Lipinski definition) is 2. The Hall–Kier alpha value is 0.01000. The van der Waals surface area contributed by atoms with Gasteiger partial charge in [-0.25, -0.2) is 0 Å². The van der Waals surface area contributed by atoms with Gasteiger partial charge in [-0.1, -0.05) is 35.3 Å². The zero-order valence-electron chi connectivity index (χ0n) is 8.42. The van der Waals surface area contributed by atoms with Gasteiger partial charge in [0.05, 0.1) is 0 Å². The van der Waals surface area contributed by atoms with Gasteiger partial charge in [-0.2, -0.15) is 0 Å². The van der Waals surface area contributed by atoms with E-state index in [1.807, 2.05) is 11.8 Å². The van der Waals surface area contributed by atoms with E-state index < -0.39 is 0 Å². The van der Waals surface area contributed by atoms with E-state index >= 15 is 0 Å². The molecule has 2 N–H and O–H groups in total. The number of hydrogen-bond donors (Lipinski definition) is 1. The molecule has 1 aromatic rings. The van der Waals surface area contributed by atoms with Gasteiger partial charge in [-0.05, 0) is 29.9 Å². The van der Waals surface area contributed by atoms with Crippen LogP contribution < -0.4 is 5.73 Å². The van der Waals surface area contributed by atoms with Crippen LogP contribution in [0.5, 0.6) is 0 Å². The highest BCUT2D eigenvalue weighted by molar-refractivity contribution is 9.10. The molecule has 0 aromatic heterocycles. The van der Waals surface area contributed by atoms with Crippen LogP contribution in [0.3, 0.4) is 0 Å². The molecule has 0 aliphatic rings. The number of unbranched alkanes of at least 4 members (excludes halogenated alkanes) is 1.